The van der Waals surface area contributed by atoms with Crippen molar-refractivity contribution in [3.63, 3.8) is 0 Å². The second-order valence-corrected chi connectivity index (χ2v) is 7.27. The van der Waals surface area contributed by atoms with Gasteiger partial charge in [0.25, 0.3) is 0 Å². The lowest BCUT2D eigenvalue weighted by Gasteiger charge is -2.38. The van der Waals surface area contributed by atoms with E-state index in [-0.39, 0.29) is 25.0 Å². The highest BCUT2D eigenvalue weighted by atomic mass is 19.1. The van der Waals surface area contributed by atoms with Gasteiger partial charge in [0.15, 0.2) is 0 Å². The van der Waals surface area contributed by atoms with Gasteiger partial charge in [0, 0.05) is 31.7 Å². The van der Waals surface area contributed by atoms with Crippen LogP contribution < -0.4 is 5.32 Å². The first-order valence-electron chi connectivity index (χ1n) is 9.65. The van der Waals surface area contributed by atoms with Crippen molar-refractivity contribution in [3.05, 3.63) is 35.6 Å². The molecule has 1 heterocycles. The quantitative estimate of drug-likeness (QED) is 0.745. The number of halogens is 1. The smallest absolute Gasteiger partial charge is 0.317 e. The Morgan fingerprint density at radius 3 is 2.73 bits per heavy atom. The van der Waals surface area contributed by atoms with E-state index in [0.29, 0.717) is 25.2 Å². The summed E-state index contributed by atoms with van der Waals surface area (Å²) in [6.07, 6.45) is 4.63. The number of hydrogen-bond acceptors (Lipinski definition) is 3. The number of piperidine rings is 1. The molecule has 1 aromatic carbocycles. The summed E-state index contributed by atoms with van der Waals surface area (Å²) in [6, 6.07) is 6.95. The van der Waals surface area contributed by atoms with Gasteiger partial charge in [0.05, 0.1) is 6.61 Å². The number of likely N-dealkylation sites (tertiary alicyclic amines) is 1. The molecule has 1 aromatic rings. The summed E-state index contributed by atoms with van der Waals surface area (Å²) in [5.74, 6) is -0.297. The number of nitrogens with one attached hydrogen (secondary N) is 1. The van der Waals surface area contributed by atoms with Gasteiger partial charge in [0.1, 0.15) is 5.82 Å². The average Bonchev–Trinajstić information content (AvgIpc) is 2.63. The van der Waals surface area contributed by atoms with Crippen LogP contribution >= 0.6 is 0 Å². The van der Waals surface area contributed by atoms with Crippen molar-refractivity contribution in [1.82, 2.24) is 15.1 Å². The SMILES string of the molecule is CC(C)N1CCCCC1CCNC(=O)N(CCO)Cc1ccc(F)cc1. The second-order valence-electron chi connectivity index (χ2n) is 7.27. The maximum absolute atomic E-state index is 13.0. The van der Waals surface area contributed by atoms with Crippen LogP contribution in [0.15, 0.2) is 24.3 Å². The topological polar surface area (TPSA) is 55.8 Å². The first-order valence-corrected chi connectivity index (χ1v) is 9.65. The van der Waals surface area contributed by atoms with Crippen LogP contribution in [0.1, 0.15) is 45.1 Å². The molecule has 146 valence electrons. The molecule has 0 spiro atoms. The molecule has 6 heteroatoms. The van der Waals surface area contributed by atoms with Gasteiger partial charge in [-0.3, -0.25) is 4.90 Å². The summed E-state index contributed by atoms with van der Waals surface area (Å²) in [5.41, 5.74) is 0.841. The maximum Gasteiger partial charge on any atom is 0.317 e. The van der Waals surface area contributed by atoms with E-state index in [1.54, 1.807) is 17.0 Å². The summed E-state index contributed by atoms with van der Waals surface area (Å²) < 4.78 is 13.0. The molecule has 0 aliphatic carbocycles. The molecule has 1 saturated heterocycles. The van der Waals surface area contributed by atoms with Crippen LogP contribution in [0.3, 0.4) is 0 Å². The Morgan fingerprint density at radius 2 is 2.08 bits per heavy atom. The Hall–Kier alpha value is -1.66. The van der Waals surface area contributed by atoms with E-state index in [2.05, 4.69) is 24.1 Å². The minimum absolute atomic E-state index is 0.0988. The fourth-order valence-corrected chi connectivity index (χ4v) is 3.65. The van der Waals surface area contributed by atoms with Crippen LogP contribution in [0, 0.1) is 5.82 Å². The molecule has 0 saturated carbocycles. The molecule has 1 aliphatic heterocycles. The first-order chi connectivity index (χ1) is 12.5. The summed E-state index contributed by atoms with van der Waals surface area (Å²) in [6.45, 7) is 6.72. The monoisotopic (exact) mass is 365 g/mol. The third-order valence-corrected chi connectivity index (χ3v) is 5.03. The van der Waals surface area contributed by atoms with Gasteiger partial charge in [0.2, 0.25) is 0 Å². The molecule has 0 bridgehead atoms. The van der Waals surface area contributed by atoms with E-state index in [0.717, 1.165) is 18.5 Å². The number of carbonyl (C=O) groups is 1. The Bertz CT molecular complexity index is 550. The van der Waals surface area contributed by atoms with Crippen molar-refractivity contribution < 1.29 is 14.3 Å². The highest BCUT2D eigenvalue weighted by Crippen LogP contribution is 2.21. The van der Waals surface area contributed by atoms with Crippen LogP contribution in [0.2, 0.25) is 0 Å². The molecule has 1 atom stereocenters. The minimum atomic E-state index is -0.297. The lowest BCUT2D eigenvalue weighted by molar-refractivity contribution is 0.105. The van der Waals surface area contributed by atoms with Gasteiger partial charge in [-0.25, -0.2) is 9.18 Å². The van der Waals surface area contributed by atoms with E-state index in [4.69, 9.17) is 0 Å². The molecule has 5 nitrogen and oxygen atoms in total. The number of nitrogens with zero attached hydrogens (tertiary/aromatic N) is 2. The van der Waals surface area contributed by atoms with Crippen LogP contribution in [0.5, 0.6) is 0 Å². The third kappa shape index (κ3) is 6.25. The standard InChI is InChI=1S/C20H32FN3O2/c1-16(2)24-12-4-3-5-19(24)10-11-22-20(26)23(13-14-25)15-17-6-8-18(21)9-7-17/h6-9,16,19,25H,3-5,10-15H2,1-2H3,(H,22,26). The molecule has 26 heavy (non-hydrogen) atoms. The number of benzene rings is 1. The number of hydrogen-bond donors (Lipinski definition) is 2. The van der Waals surface area contributed by atoms with Gasteiger partial charge in [-0.15, -0.1) is 0 Å². The summed E-state index contributed by atoms with van der Waals surface area (Å²) in [5, 5.41) is 12.2. The summed E-state index contributed by atoms with van der Waals surface area (Å²) in [4.78, 5) is 16.6. The van der Waals surface area contributed by atoms with Gasteiger partial charge in [-0.05, 0) is 57.4 Å². The first kappa shape index (κ1) is 20.6. The summed E-state index contributed by atoms with van der Waals surface area (Å²) in [7, 11) is 0. The second kappa shape index (κ2) is 10.5. The largest absolute Gasteiger partial charge is 0.395 e. The van der Waals surface area contributed by atoms with Gasteiger partial charge in [-0.2, -0.15) is 0 Å². The van der Waals surface area contributed by atoms with E-state index in [1.165, 1.54) is 31.4 Å². The fraction of sp³-hybridized carbons (Fsp3) is 0.650. The molecule has 1 unspecified atom stereocenters. The predicted octanol–water partition coefficient (Wildman–Crippen LogP) is 2.98. The number of rotatable bonds is 8. The molecule has 2 N–H and O–H groups in total. The molecule has 2 rings (SSSR count). The maximum atomic E-state index is 13.0. The number of carbonyl (C=O) groups excluding carboxylic acids is 1. The van der Waals surface area contributed by atoms with E-state index >= 15 is 0 Å². The minimum Gasteiger partial charge on any atom is -0.395 e. The van der Waals surface area contributed by atoms with Crippen LogP contribution in [0.4, 0.5) is 9.18 Å². The Balaban J connectivity index is 1.83. The van der Waals surface area contributed by atoms with Crippen molar-refractivity contribution in [2.24, 2.45) is 0 Å². The predicted molar refractivity (Wildman–Crippen MR) is 101 cm³/mol. The highest BCUT2D eigenvalue weighted by Gasteiger charge is 2.24. The number of amides is 2. The zero-order valence-electron chi connectivity index (χ0n) is 16.0. The van der Waals surface area contributed by atoms with Crippen LogP contribution in [0.25, 0.3) is 0 Å². The Kier molecular flexibility index (Phi) is 8.32. The molecule has 1 aliphatic rings. The van der Waals surface area contributed by atoms with Crippen molar-refractivity contribution in [1.29, 1.82) is 0 Å². The van der Waals surface area contributed by atoms with Crippen molar-refractivity contribution in [2.75, 3.05) is 26.2 Å². The molecule has 1 fully saturated rings. The fourth-order valence-electron chi connectivity index (χ4n) is 3.65. The molecular weight excluding hydrogens is 333 g/mol. The zero-order chi connectivity index (χ0) is 18.9. The molecule has 2 amide bonds. The normalized spacial score (nSPS) is 18.1. The van der Waals surface area contributed by atoms with Gasteiger partial charge < -0.3 is 15.3 Å². The summed E-state index contributed by atoms with van der Waals surface area (Å²) >= 11 is 0. The average molecular weight is 365 g/mol. The van der Waals surface area contributed by atoms with Crippen molar-refractivity contribution in [3.8, 4) is 0 Å². The van der Waals surface area contributed by atoms with Gasteiger partial charge in [-0.1, -0.05) is 18.6 Å². The third-order valence-electron chi connectivity index (χ3n) is 5.03. The lowest BCUT2D eigenvalue weighted by Crippen LogP contribution is -2.46. The van der Waals surface area contributed by atoms with Crippen LogP contribution in [-0.4, -0.2) is 59.3 Å². The number of aliphatic hydroxyl groups is 1. The van der Waals surface area contributed by atoms with E-state index in [9.17, 15) is 14.3 Å². The lowest BCUT2D eigenvalue weighted by atomic mass is 9.98. The zero-order valence-corrected chi connectivity index (χ0v) is 16.0. The molecular formula is C20H32FN3O2. The van der Waals surface area contributed by atoms with Crippen molar-refractivity contribution >= 4 is 6.03 Å². The van der Waals surface area contributed by atoms with E-state index in [1.807, 2.05) is 0 Å². The van der Waals surface area contributed by atoms with E-state index < -0.39 is 0 Å². The van der Waals surface area contributed by atoms with Crippen LogP contribution in [-0.2, 0) is 6.54 Å². The van der Waals surface area contributed by atoms with Gasteiger partial charge >= 0.3 is 6.03 Å². The number of urea groups is 1. The number of aliphatic hydroxyl groups excluding tert-OH is 1. The Morgan fingerprint density at radius 1 is 1.35 bits per heavy atom. The molecule has 0 aromatic heterocycles. The Labute approximate surface area is 156 Å². The highest BCUT2D eigenvalue weighted by molar-refractivity contribution is 5.74. The van der Waals surface area contributed by atoms with Crippen molar-refractivity contribution in [2.45, 2.75) is 58.2 Å². The molecule has 0 radical (unpaired) electrons.